The van der Waals surface area contributed by atoms with Gasteiger partial charge in [0.1, 0.15) is 27.1 Å². The summed E-state index contributed by atoms with van der Waals surface area (Å²) in [7, 11) is -4.22. The molecule has 0 radical (unpaired) electrons. The summed E-state index contributed by atoms with van der Waals surface area (Å²) in [5.74, 6) is -0.774. The first kappa shape index (κ1) is 33.1. The van der Waals surface area contributed by atoms with E-state index in [2.05, 4.69) is 14.9 Å². The maximum absolute atomic E-state index is 13.8. The highest BCUT2D eigenvalue weighted by molar-refractivity contribution is 7.89. The van der Waals surface area contributed by atoms with Crippen LogP contribution >= 0.6 is 23.2 Å². The third-order valence-electron chi connectivity index (χ3n) is 8.00. The van der Waals surface area contributed by atoms with Gasteiger partial charge in [-0.05, 0) is 62.3 Å². The highest BCUT2D eigenvalue weighted by Gasteiger charge is 2.42. The molecule has 2 atom stereocenters. The Labute approximate surface area is 277 Å². The van der Waals surface area contributed by atoms with Crippen molar-refractivity contribution < 1.29 is 45.5 Å². The zero-order chi connectivity index (χ0) is 33.5. The summed E-state index contributed by atoms with van der Waals surface area (Å²) in [5.41, 5.74) is 1.21. The van der Waals surface area contributed by atoms with E-state index in [-0.39, 0.29) is 69.6 Å². The van der Waals surface area contributed by atoms with Gasteiger partial charge in [0.25, 0.3) is 5.71 Å². The van der Waals surface area contributed by atoms with Gasteiger partial charge in [0.2, 0.25) is 10.0 Å². The number of hydrogen-bond acceptors (Lipinski definition) is 10. The molecule has 1 saturated carbocycles. The van der Waals surface area contributed by atoms with Crippen molar-refractivity contribution in [3.8, 4) is 11.5 Å². The second-order valence-corrected chi connectivity index (χ2v) is 14.0. The van der Waals surface area contributed by atoms with Crippen LogP contribution in [0.25, 0.3) is 11.1 Å². The fourth-order valence-electron chi connectivity index (χ4n) is 5.35. The van der Waals surface area contributed by atoms with Gasteiger partial charge in [-0.15, -0.1) is 0 Å². The predicted octanol–water partition coefficient (Wildman–Crippen LogP) is 5.54. The van der Waals surface area contributed by atoms with Gasteiger partial charge in [-0.3, -0.25) is 4.79 Å². The molecular weight excluding hydrogens is 685 g/mol. The number of ether oxygens (including phenoxy) is 3. The minimum absolute atomic E-state index is 0.00611. The number of aryl methyl sites for hydroxylation is 1. The Hall–Kier alpha value is -3.79. The van der Waals surface area contributed by atoms with Gasteiger partial charge in [0, 0.05) is 18.5 Å². The number of carbonyl (C=O) groups excluding carboxylic acids is 1. The monoisotopic (exact) mass is 712 g/mol. The Morgan fingerprint density at radius 1 is 1.17 bits per heavy atom. The zero-order valence-electron chi connectivity index (χ0n) is 24.8. The number of alkyl halides is 2. The average Bonchev–Trinajstić information content (AvgIpc) is 3.57. The fraction of sp³-hybridized carbons (Fsp3) is 0.400. The first-order chi connectivity index (χ1) is 22.4. The van der Waals surface area contributed by atoms with Gasteiger partial charge in [-0.1, -0.05) is 34.4 Å². The summed E-state index contributed by atoms with van der Waals surface area (Å²) in [5, 5.41) is 16.1. The number of pyridine rings is 2. The standard InChI is InChI=1S/C30H28Cl2F2N4O8S/c1-16-20-10-19(12-35-28(20)46-36-16)47(41,42)38-8-2-3-24(38)29(39)44-26(11-21-22(31)13-37(40)14-23(21)32)18-6-7-25(45-30(33)34)27(9-18)43-15-17-4-5-17/h6-7,9-10,12-14,17,24,26,30H,2-5,8,11,15H2,1H3/t24-,26-/m0/s1. The lowest BCUT2D eigenvalue weighted by molar-refractivity contribution is -0.605. The first-order valence-corrected chi connectivity index (χ1v) is 16.8. The largest absolute Gasteiger partial charge is 0.619 e. The second-order valence-electron chi connectivity index (χ2n) is 11.3. The highest BCUT2D eigenvalue weighted by atomic mass is 35.5. The number of benzene rings is 1. The summed E-state index contributed by atoms with van der Waals surface area (Å²) < 4.78 is 76.9. The number of rotatable bonds is 12. The lowest BCUT2D eigenvalue weighted by Crippen LogP contribution is -2.41. The Morgan fingerprint density at radius 3 is 2.62 bits per heavy atom. The molecule has 4 aromatic rings. The predicted molar refractivity (Wildman–Crippen MR) is 163 cm³/mol. The molecule has 6 rings (SSSR count). The van der Waals surface area contributed by atoms with Gasteiger partial charge in [-0.2, -0.15) is 17.8 Å². The summed E-state index contributed by atoms with van der Waals surface area (Å²) in [6.45, 7) is -1.14. The van der Waals surface area contributed by atoms with E-state index in [0.29, 0.717) is 27.8 Å². The number of esters is 1. The molecule has 3 aromatic heterocycles. The summed E-state index contributed by atoms with van der Waals surface area (Å²) in [6.07, 6.45) is 4.44. The highest BCUT2D eigenvalue weighted by Crippen LogP contribution is 2.39. The molecule has 17 heteroatoms. The van der Waals surface area contributed by atoms with Gasteiger partial charge < -0.3 is 23.9 Å². The van der Waals surface area contributed by atoms with Crippen LogP contribution in [-0.4, -0.2) is 54.6 Å². The van der Waals surface area contributed by atoms with E-state index in [1.807, 2.05) is 0 Å². The van der Waals surface area contributed by atoms with E-state index >= 15 is 0 Å². The molecule has 1 aliphatic carbocycles. The number of halogens is 4. The summed E-state index contributed by atoms with van der Waals surface area (Å²) in [4.78, 5) is 17.7. The van der Waals surface area contributed by atoms with Crippen LogP contribution in [0.2, 0.25) is 10.0 Å². The number of sulfonamides is 1. The molecule has 2 aliphatic rings. The molecule has 1 aromatic carbocycles. The van der Waals surface area contributed by atoms with Crippen LogP contribution < -0.4 is 14.2 Å². The molecule has 47 heavy (non-hydrogen) atoms. The zero-order valence-corrected chi connectivity index (χ0v) is 27.1. The normalized spacial score (nSPS) is 17.7. The summed E-state index contributed by atoms with van der Waals surface area (Å²) in [6, 6.07) is 4.30. The van der Waals surface area contributed by atoms with Crippen molar-refractivity contribution in [3.63, 3.8) is 0 Å². The van der Waals surface area contributed by atoms with E-state index in [1.165, 1.54) is 24.3 Å². The van der Waals surface area contributed by atoms with Crippen molar-refractivity contribution in [2.45, 2.75) is 62.7 Å². The van der Waals surface area contributed by atoms with Crippen LogP contribution in [0.1, 0.15) is 48.6 Å². The van der Waals surface area contributed by atoms with Gasteiger partial charge in [0.05, 0.1) is 23.9 Å². The van der Waals surface area contributed by atoms with Crippen molar-refractivity contribution >= 4 is 50.3 Å². The molecule has 0 N–H and O–H groups in total. The smallest absolute Gasteiger partial charge is 0.387 e. The first-order valence-electron chi connectivity index (χ1n) is 14.6. The molecule has 4 heterocycles. The Balaban J connectivity index is 1.32. The molecule has 1 aliphatic heterocycles. The average molecular weight is 714 g/mol. The lowest BCUT2D eigenvalue weighted by Gasteiger charge is -2.26. The molecule has 250 valence electrons. The molecule has 0 spiro atoms. The summed E-state index contributed by atoms with van der Waals surface area (Å²) >= 11 is 12.7. The van der Waals surface area contributed by atoms with Crippen LogP contribution in [0.4, 0.5) is 8.78 Å². The van der Waals surface area contributed by atoms with Crippen LogP contribution in [0.5, 0.6) is 11.5 Å². The van der Waals surface area contributed by atoms with Gasteiger partial charge in [0.15, 0.2) is 23.9 Å². The van der Waals surface area contributed by atoms with Gasteiger partial charge >= 0.3 is 12.6 Å². The number of carbonyl (C=O) groups is 1. The third kappa shape index (κ3) is 7.22. The number of nitrogens with zero attached hydrogens (tertiary/aromatic N) is 4. The topological polar surface area (TPSA) is 148 Å². The number of aromatic nitrogens is 3. The van der Waals surface area contributed by atoms with Crippen molar-refractivity contribution in [3.05, 3.63) is 74.9 Å². The van der Waals surface area contributed by atoms with Crippen molar-refractivity contribution in [1.29, 1.82) is 0 Å². The van der Waals surface area contributed by atoms with Crippen molar-refractivity contribution in [2.75, 3.05) is 13.2 Å². The van der Waals surface area contributed by atoms with Gasteiger partial charge in [-0.25, -0.2) is 13.4 Å². The van der Waals surface area contributed by atoms with Crippen molar-refractivity contribution in [2.24, 2.45) is 5.92 Å². The van der Waals surface area contributed by atoms with E-state index in [0.717, 1.165) is 35.7 Å². The van der Waals surface area contributed by atoms with Crippen LogP contribution in [0, 0.1) is 18.0 Å². The minimum atomic E-state index is -4.22. The molecule has 2 fully saturated rings. The molecule has 12 nitrogen and oxygen atoms in total. The maximum Gasteiger partial charge on any atom is 0.387 e. The number of hydrogen-bond donors (Lipinski definition) is 0. The Morgan fingerprint density at radius 2 is 1.91 bits per heavy atom. The third-order valence-corrected chi connectivity index (χ3v) is 10.5. The molecule has 1 saturated heterocycles. The van der Waals surface area contributed by atoms with Crippen molar-refractivity contribution in [1.82, 2.24) is 14.4 Å². The fourth-order valence-corrected chi connectivity index (χ4v) is 7.56. The Bertz CT molecular complexity index is 1900. The van der Waals surface area contributed by atoms with E-state index < -0.39 is 34.7 Å². The molecule has 0 amide bonds. The minimum Gasteiger partial charge on any atom is -0.619 e. The van der Waals surface area contributed by atoms with Crippen LogP contribution in [0.3, 0.4) is 0 Å². The van der Waals surface area contributed by atoms with E-state index in [9.17, 15) is 27.2 Å². The number of fused-ring (bicyclic) bond motifs is 1. The van der Waals surface area contributed by atoms with Crippen LogP contribution in [0.15, 0.2) is 52.3 Å². The maximum atomic E-state index is 13.8. The van der Waals surface area contributed by atoms with E-state index in [1.54, 1.807) is 6.92 Å². The quantitative estimate of drug-likeness (QED) is 0.104. The molecular formula is C30H28Cl2F2N4O8S. The second kappa shape index (κ2) is 13.4. The lowest BCUT2D eigenvalue weighted by atomic mass is 10.0. The van der Waals surface area contributed by atoms with E-state index in [4.69, 9.17) is 37.2 Å². The Kier molecular flexibility index (Phi) is 9.43. The molecule has 0 unspecified atom stereocenters. The van der Waals surface area contributed by atoms with Crippen LogP contribution in [-0.2, 0) is 26.0 Å². The SMILES string of the molecule is Cc1noc2ncc(S(=O)(=O)N3CCC[C@H]3C(=O)O[C@@H](Cc3c(Cl)c[n+]([O-])cc3Cl)c3ccc(OC(F)F)c(OCC4CC4)c3)cc12. The molecule has 0 bridgehead atoms.